The minimum atomic E-state index is -0.620. The lowest BCUT2D eigenvalue weighted by molar-refractivity contribution is -0.137. The number of hydrogen-bond acceptors (Lipinski definition) is 2. The summed E-state index contributed by atoms with van der Waals surface area (Å²) in [6.07, 6.45) is 0. The first kappa shape index (κ1) is 14.0. The van der Waals surface area contributed by atoms with Gasteiger partial charge in [-0.3, -0.25) is 4.79 Å². The Morgan fingerprint density at radius 2 is 2.00 bits per heavy atom. The molecular formula is C15H21FN2O. The van der Waals surface area contributed by atoms with Gasteiger partial charge in [0.1, 0.15) is 5.82 Å². The van der Waals surface area contributed by atoms with Crippen LogP contribution in [0.4, 0.5) is 4.39 Å². The Morgan fingerprint density at radius 1 is 1.37 bits per heavy atom. The highest BCUT2D eigenvalue weighted by molar-refractivity contribution is 5.87. The number of halogens is 1. The molecule has 1 atom stereocenters. The number of nitrogens with zero attached hydrogens (tertiary/aromatic N) is 1. The minimum Gasteiger partial charge on any atom is -0.339 e. The quantitative estimate of drug-likeness (QED) is 0.885. The molecule has 1 aromatic carbocycles. The molecular weight excluding hydrogens is 243 g/mol. The predicted molar refractivity (Wildman–Crippen MR) is 73.5 cm³/mol. The standard InChI is InChI=1S/C15H21FN2O/c1-11-10-18(9-8-17-11)14(19)15(2,3)12-4-6-13(16)7-5-12/h4-7,11,17H,8-10H2,1-3H3. The van der Waals surface area contributed by atoms with Gasteiger partial charge in [0, 0.05) is 25.7 Å². The van der Waals surface area contributed by atoms with Crippen molar-refractivity contribution < 1.29 is 9.18 Å². The van der Waals surface area contributed by atoms with Crippen molar-refractivity contribution in [1.82, 2.24) is 10.2 Å². The van der Waals surface area contributed by atoms with Crippen molar-refractivity contribution in [2.24, 2.45) is 0 Å². The Labute approximate surface area is 113 Å². The molecule has 0 aliphatic carbocycles. The Bertz CT molecular complexity index is 456. The van der Waals surface area contributed by atoms with Gasteiger partial charge in [-0.15, -0.1) is 0 Å². The van der Waals surface area contributed by atoms with Gasteiger partial charge in [0.15, 0.2) is 0 Å². The van der Waals surface area contributed by atoms with E-state index in [-0.39, 0.29) is 11.7 Å². The zero-order chi connectivity index (χ0) is 14.0. The summed E-state index contributed by atoms with van der Waals surface area (Å²) in [6, 6.07) is 6.52. The summed E-state index contributed by atoms with van der Waals surface area (Å²) in [5.74, 6) is -0.171. The molecule has 1 fully saturated rings. The molecule has 0 spiro atoms. The van der Waals surface area contributed by atoms with E-state index in [1.165, 1.54) is 12.1 Å². The molecule has 2 rings (SSSR count). The van der Waals surface area contributed by atoms with Crippen LogP contribution in [0, 0.1) is 5.82 Å². The SMILES string of the molecule is CC1CN(C(=O)C(C)(C)c2ccc(F)cc2)CCN1. The third kappa shape index (κ3) is 2.95. The summed E-state index contributed by atoms with van der Waals surface area (Å²) in [4.78, 5) is 14.5. The second-order valence-corrected chi connectivity index (χ2v) is 5.74. The van der Waals surface area contributed by atoms with Crippen molar-refractivity contribution in [2.45, 2.75) is 32.2 Å². The Kier molecular flexibility index (Phi) is 3.90. The van der Waals surface area contributed by atoms with E-state index in [4.69, 9.17) is 0 Å². The van der Waals surface area contributed by atoms with Crippen molar-refractivity contribution in [3.63, 3.8) is 0 Å². The number of carbonyl (C=O) groups is 1. The van der Waals surface area contributed by atoms with Crippen LogP contribution in [0.1, 0.15) is 26.3 Å². The zero-order valence-corrected chi connectivity index (χ0v) is 11.7. The fourth-order valence-corrected chi connectivity index (χ4v) is 2.50. The van der Waals surface area contributed by atoms with Gasteiger partial charge in [0.05, 0.1) is 5.41 Å². The van der Waals surface area contributed by atoms with Gasteiger partial charge in [-0.05, 0) is 38.5 Å². The topological polar surface area (TPSA) is 32.3 Å². The van der Waals surface area contributed by atoms with E-state index in [0.29, 0.717) is 6.04 Å². The summed E-state index contributed by atoms with van der Waals surface area (Å²) < 4.78 is 13.0. The van der Waals surface area contributed by atoms with E-state index in [1.54, 1.807) is 12.1 Å². The van der Waals surface area contributed by atoms with Gasteiger partial charge in [0.2, 0.25) is 5.91 Å². The van der Waals surface area contributed by atoms with Crippen LogP contribution in [0.5, 0.6) is 0 Å². The highest BCUT2D eigenvalue weighted by atomic mass is 19.1. The molecule has 1 aliphatic rings. The maximum atomic E-state index is 13.0. The first-order chi connectivity index (χ1) is 8.91. The van der Waals surface area contributed by atoms with E-state index in [2.05, 4.69) is 12.2 Å². The molecule has 19 heavy (non-hydrogen) atoms. The van der Waals surface area contributed by atoms with Crippen LogP contribution < -0.4 is 5.32 Å². The zero-order valence-electron chi connectivity index (χ0n) is 11.7. The van der Waals surface area contributed by atoms with Gasteiger partial charge in [-0.25, -0.2) is 4.39 Å². The van der Waals surface area contributed by atoms with Crippen LogP contribution in [-0.2, 0) is 10.2 Å². The van der Waals surface area contributed by atoms with E-state index in [0.717, 1.165) is 25.2 Å². The van der Waals surface area contributed by atoms with Crippen LogP contribution in [0.25, 0.3) is 0 Å². The number of benzene rings is 1. The molecule has 0 saturated carbocycles. The van der Waals surface area contributed by atoms with Crippen molar-refractivity contribution in [3.8, 4) is 0 Å². The molecule has 1 saturated heterocycles. The first-order valence-corrected chi connectivity index (χ1v) is 6.70. The molecule has 4 heteroatoms. The molecule has 1 amide bonds. The first-order valence-electron chi connectivity index (χ1n) is 6.70. The monoisotopic (exact) mass is 264 g/mol. The van der Waals surface area contributed by atoms with Gasteiger partial charge in [0.25, 0.3) is 0 Å². The summed E-state index contributed by atoms with van der Waals surface area (Å²) in [7, 11) is 0. The molecule has 1 N–H and O–H groups in total. The van der Waals surface area contributed by atoms with E-state index < -0.39 is 5.41 Å². The highest BCUT2D eigenvalue weighted by Gasteiger charge is 2.35. The maximum Gasteiger partial charge on any atom is 0.232 e. The van der Waals surface area contributed by atoms with Gasteiger partial charge in [-0.2, -0.15) is 0 Å². The number of hydrogen-bond donors (Lipinski definition) is 1. The van der Waals surface area contributed by atoms with E-state index in [1.807, 2.05) is 18.7 Å². The summed E-state index contributed by atoms with van der Waals surface area (Å²) >= 11 is 0. The molecule has 104 valence electrons. The van der Waals surface area contributed by atoms with Crippen molar-refractivity contribution in [2.75, 3.05) is 19.6 Å². The van der Waals surface area contributed by atoms with Gasteiger partial charge >= 0.3 is 0 Å². The Balaban J connectivity index is 2.18. The average Bonchev–Trinajstić information content (AvgIpc) is 2.38. The molecule has 0 radical (unpaired) electrons. The number of amides is 1. The van der Waals surface area contributed by atoms with Crippen LogP contribution in [0.2, 0.25) is 0 Å². The third-order valence-corrected chi connectivity index (χ3v) is 3.76. The smallest absolute Gasteiger partial charge is 0.232 e. The lowest BCUT2D eigenvalue weighted by Gasteiger charge is -2.37. The average molecular weight is 264 g/mol. The lowest BCUT2D eigenvalue weighted by atomic mass is 9.83. The fraction of sp³-hybridized carbons (Fsp3) is 0.533. The number of nitrogens with one attached hydrogen (secondary N) is 1. The van der Waals surface area contributed by atoms with Crippen LogP contribution in [-0.4, -0.2) is 36.5 Å². The highest BCUT2D eigenvalue weighted by Crippen LogP contribution is 2.26. The summed E-state index contributed by atoms with van der Waals surface area (Å²) in [5.41, 5.74) is 0.232. The maximum absolute atomic E-state index is 13.0. The molecule has 1 aromatic rings. The normalized spacial score (nSPS) is 20.4. The van der Waals surface area contributed by atoms with Gasteiger partial charge in [-0.1, -0.05) is 12.1 Å². The molecule has 1 heterocycles. The molecule has 3 nitrogen and oxygen atoms in total. The summed E-state index contributed by atoms with van der Waals surface area (Å²) in [6.45, 7) is 8.15. The number of piperazine rings is 1. The van der Waals surface area contributed by atoms with E-state index >= 15 is 0 Å². The van der Waals surface area contributed by atoms with Crippen LogP contribution >= 0.6 is 0 Å². The van der Waals surface area contributed by atoms with Crippen molar-refractivity contribution in [1.29, 1.82) is 0 Å². The largest absolute Gasteiger partial charge is 0.339 e. The Hall–Kier alpha value is -1.42. The predicted octanol–water partition coefficient (Wildman–Crippen LogP) is 1.92. The molecule has 0 bridgehead atoms. The minimum absolute atomic E-state index is 0.104. The molecule has 1 aliphatic heterocycles. The third-order valence-electron chi connectivity index (χ3n) is 3.76. The molecule has 0 aromatic heterocycles. The lowest BCUT2D eigenvalue weighted by Crippen LogP contribution is -2.55. The second-order valence-electron chi connectivity index (χ2n) is 5.74. The Morgan fingerprint density at radius 3 is 2.58 bits per heavy atom. The van der Waals surface area contributed by atoms with Gasteiger partial charge < -0.3 is 10.2 Å². The fourth-order valence-electron chi connectivity index (χ4n) is 2.50. The molecule has 1 unspecified atom stereocenters. The number of carbonyl (C=O) groups excluding carboxylic acids is 1. The summed E-state index contributed by atoms with van der Waals surface area (Å²) in [5, 5.41) is 3.32. The van der Waals surface area contributed by atoms with Crippen LogP contribution in [0.15, 0.2) is 24.3 Å². The van der Waals surface area contributed by atoms with Crippen molar-refractivity contribution >= 4 is 5.91 Å². The second kappa shape index (κ2) is 5.29. The number of rotatable bonds is 2. The van der Waals surface area contributed by atoms with E-state index in [9.17, 15) is 9.18 Å². The van der Waals surface area contributed by atoms with Crippen LogP contribution in [0.3, 0.4) is 0 Å². The van der Waals surface area contributed by atoms with Crippen molar-refractivity contribution in [3.05, 3.63) is 35.6 Å².